The van der Waals surface area contributed by atoms with Gasteiger partial charge in [0, 0.05) is 25.3 Å². The van der Waals surface area contributed by atoms with Crippen molar-refractivity contribution in [3.63, 3.8) is 0 Å². The third-order valence-corrected chi connectivity index (χ3v) is 3.70. The summed E-state index contributed by atoms with van der Waals surface area (Å²) in [4.78, 5) is 14.4. The van der Waals surface area contributed by atoms with Crippen LogP contribution in [-0.4, -0.2) is 33.2 Å². The molecule has 0 spiro atoms. The summed E-state index contributed by atoms with van der Waals surface area (Å²) in [5.74, 6) is 0.526. The van der Waals surface area contributed by atoms with Crippen molar-refractivity contribution in [2.75, 3.05) is 12.3 Å². The second-order valence-corrected chi connectivity index (χ2v) is 5.28. The summed E-state index contributed by atoms with van der Waals surface area (Å²) in [7, 11) is 0. The van der Waals surface area contributed by atoms with Gasteiger partial charge in [-0.25, -0.2) is 0 Å². The lowest BCUT2D eigenvalue weighted by atomic mass is 9.95. The lowest BCUT2D eigenvalue weighted by Gasteiger charge is -2.36. The Bertz CT molecular complexity index is 440. The van der Waals surface area contributed by atoms with Crippen LogP contribution >= 0.6 is 0 Å². The van der Waals surface area contributed by atoms with Crippen molar-refractivity contribution in [3.8, 4) is 0 Å². The summed E-state index contributed by atoms with van der Waals surface area (Å²) in [5, 5.41) is 4.26. The first kappa shape index (κ1) is 12.9. The molecular weight excluding hydrogens is 228 g/mol. The Morgan fingerprint density at radius 1 is 1.50 bits per heavy atom. The molecule has 1 aliphatic rings. The molecular formula is C13H22N4O. The van der Waals surface area contributed by atoms with Gasteiger partial charge in [-0.05, 0) is 32.6 Å². The van der Waals surface area contributed by atoms with Crippen LogP contribution in [0.15, 0.2) is 6.20 Å². The molecule has 0 saturated carbocycles. The highest BCUT2D eigenvalue weighted by Gasteiger charge is 2.30. The van der Waals surface area contributed by atoms with Crippen molar-refractivity contribution in [3.05, 3.63) is 11.9 Å². The molecule has 1 aromatic heterocycles. The van der Waals surface area contributed by atoms with Gasteiger partial charge in [-0.1, -0.05) is 6.92 Å². The first-order valence-corrected chi connectivity index (χ1v) is 6.66. The average Bonchev–Trinajstić information content (AvgIpc) is 2.73. The molecule has 1 saturated heterocycles. The van der Waals surface area contributed by atoms with Gasteiger partial charge in [0.2, 0.25) is 0 Å². The van der Waals surface area contributed by atoms with E-state index in [4.69, 9.17) is 5.73 Å². The number of nitrogens with zero attached hydrogens (tertiary/aromatic N) is 3. The molecule has 2 unspecified atom stereocenters. The van der Waals surface area contributed by atoms with Crippen LogP contribution < -0.4 is 5.73 Å². The second kappa shape index (κ2) is 5.00. The molecule has 2 rings (SSSR count). The van der Waals surface area contributed by atoms with Gasteiger partial charge in [0.15, 0.2) is 5.69 Å². The van der Waals surface area contributed by atoms with Crippen LogP contribution in [0.2, 0.25) is 0 Å². The Balaban J connectivity index is 2.21. The fourth-order valence-corrected chi connectivity index (χ4v) is 2.47. The molecule has 2 N–H and O–H groups in total. The van der Waals surface area contributed by atoms with E-state index < -0.39 is 0 Å². The zero-order valence-electron chi connectivity index (χ0n) is 11.4. The molecule has 0 radical (unpaired) electrons. The summed E-state index contributed by atoms with van der Waals surface area (Å²) in [6, 6.07) is 0.278. The van der Waals surface area contributed by atoms with Crippen LogP contribution in [0.4, 0.5) is 5.69 Å². The molecule has 100 valence electrons. The van der Waals surface area contributed by atoms with Gasteiger partial charge >= 0.3 is 0 Å². The topological polar surface area (TPSA) is 64.2 Å². The number of nitrogen functional groups attached to an aromatic ring is 1. The van der Waals surface area contributed by atoms with Gasteiger partial charge in [0.1, 0.15) is 0 Å². The number of carbonyl (C=O) groups excluding carboxylic acids is 1. The summed E-state index contributed by atoms with van der Waals surface area (Å²) in [5.41, 5.74) is 6.75. The zero-order valence-corrected chi connectivity index (χ0v) is 11.4. The molecule has 1 aromatic rings. The van der Waals surface area contributed by atoms with Gasteiger partial charge in [0.25, 0.3) is 5.91 Å². The van der Waals surface area contributed by atoms with Crippen LogP contribution in [0.25, 0.3) is 0 Å². The monoisotopic (exact) mass is 250 g/mol. The number of rotatable bonds is 2. The van der Waals surface area contributed by atoms with Gasteiger partial charge < -0.3 is 10.6 Å². The number of piperidine rings is 1. The number of amides is 1. The Morgan fingerprint density at radius 3 is 2.83 bits per heavy atom. The lowest BCUT2D eigenvalue weighted by Crippen LogP contribution is -2.45. The second-order valence-electron chi connectivity index (χ2n) is 5.28. The van der Waals surface area contributed by atoms with Gasteiger partial charge in [-0.15, -0.1) is 0 Å². The van der Waals surface area contributed by atoms with E-state index in [0.29, 0.717) is 17.3 Å². The highest BCUT2D eigenvalue weighted by Crippen LogP contribution is 2.24. The largest absolute Gasteiger partial charge is 0.396 e. The number of hydrogen-bond donors (Lipinski definition) is 1. The van der Waals surface area contributed by atoms with Crippen molar-refractivity contribution >= 4 is 11.6 Å². The first-order valence-electron chi connectivity index (χ1n) is 6.66. The van der Waals surface area contributed by atoms with E-state index in [-0.39, 0.29) is 11.9 Å². The van der Waals surface area contributed by atoms with Gasteiger partial charge in [-0.2, -0.15) is 5.10 Å². The van der Waals surface area contributed by atoms with E-state index in [2.05, 4.69) is 18.9 Å². The normalized spacial score (nSPS) is 24.3. The Hall–Kier alpha value is -1.52. The van der Waals surface area contributed by atoms with Crippen LogP contribution in [0.3, 0.4) is 0 Å². The summed E-state index contributed by atoms with van der Waals surface area (Å²) >= 11 is 0. The maximum absolute atomic E-state index is 12.5. The Morgan fingerprint density at radius 2 is 2.22 bits per heavy atom. The molecule has 18 heavy (non-hydrogen) atoms. The molecule has 5 heteroatoms. The predicted octanol–water partition coefficient (Wildman–Crippen LogP) is 1.75. The third-order valence-electron chi connectivity index (χ3n) is 3.70. The molecule has 0 aromatic carbocycles. The molecule has 2 heterocycles. The molecule has 1 fully saturated rings. The van der Waals surface area contributed by atoms with Crippen LogP contribution in [0, 0.1) is 5.92 Å². The fraction of sp³-hybridized carbons (Fsp3) is 0.692. The summed E-state index contributed by atoms with van der Waals surface area (Å²) in [6.45, 7) is 7.78. The molecule has 0 aliphatic carbocycles. The Labute approximate surface area is 108 Å². The minimum Gasteiger partial charge on any atom is -0.396 e. The highest BCUT2D eigenvalue weighted by molar-refractivity contribution is 5.97. The minimum atomic E-state index is -0.0289. The number of aryl methyl sites for hydroxylation is 1. The minimum absolute atomic E-state index is 0.0289. The third kappa shape index (κ3) is 2.35. The lowest BCUT2D eigenvalue weighted by molar-refractivity contribution is 0.0568. The van der Waals surface area contributed by atoms with Crippen LogP contribution in [0.5, 0.6) is 0 Å². The molecule has 0 bridgehead atoms. The molecule has 1 aliphatic heterocycles. The number of carbonyl (C=O) groups is 1. The SMILES string of the molecule is CCn1cc(N)c(C(=O)N2CC(C)CCC2C)n1. The van der Waals surface area contributed by atoms with Gasteiger partial charge in [-0.3, -0.25) is 9.48 Å². The molecule has 5 nitrogen and oxygen atoms in total. The molecule has 1 amide bonds. The van der Waals surface area contributed by atoms with Crippen LogP contribution in [0.1, 0.15) is 44.1 Å². The standard InChI is InChI=1S/C13H22N4O/c1-4-16-8-11(14)12(15-16)13(18)17-7-9(2)5-6-10(17)3/h8-10H,4-7,14H2,1-3H3. The smallest absolute Gasteiger partial charge is 0.276 e. The number of nitrogens with two attached hydrogens (primary N) is 1. The highest BCUT2D eigenvalue weighted by atomic mass is 16.2. The summed E-state index contributed by atoms with van der Waals surface area (Å²) in [6.07, 6.45) is 3.97. The average molecular weight is 250 g/mol. The predicted molar refractivity (Wildman–Crippen MR) is 71.2 cm³/mol. The maximum atomic E-state index is 12.5. The number of hydrogen-bond acceptors (Lipinski definition) is 3. The van der Waals surface area contributed by atoms with Crippen molar-refractivity contribution in [2.45, 2.75) is 46.2 Å². The number of likely N-dealkylation sites (tertiary alicyclic amines) is 1. The zero-order chi connectivity index (χ0) is 13.3. The van der Waals surface area contributed by atoms with E-state index in [0.717, 1.165) is 19.5 Å². The van der Waals surface area contributed by atoms with E-state index in [9.17, 15) is 4.79 Å². The van der Waals surface area contributed by atoms with E-state index in [1.165, 1.54) is 6.42 Å². The quantitative estimate of drug-likeness (QED) is 0.869. The van der Waals surface area contributed by atoms with E-state index >= 15 is 0 Å². The summed E-state index contributed by atoms with van der Waals surface area (Å²) < 4.78 is 1.71. The van der Waals surface area contributed by atoms with Crippen LogP contribution in [-0.2, 0) is 6.54 Å². The van der Waals surface area contributed by atoms with E-state index in [1.54, 1.807) is 10.9 Å². The first-order chi connectivity index (χ1) is 8.52. The van der Waals surface area contributed by atoms with Crippen molar-refractivity contribution in [1.82, 2.24) is 14.7 Å². The van der Waals surface area contributed by atoms with Gasteiger partial charge in [0.05, 0.1) is 5.69 Å². The van der Waals surface area contributed by atoms with Crippen molar-refractivity contribution < 1.29 is 4.79 Å². The number of aromatic nitrogens is 2. The fourth-order valence-electron chi connectivity index (χ4n) is 2.47. The number of anilines is 1. The maximum Gasteiger partial charge on any atom is 0.276 e. The van der Waals surface area contributed by atoms with E-state index in [1.807, 2.05) is 11.8 Å². The molecule has 2 atom stereocenters. The Kier molecular flexibility index (Phi) is 3.59. The van der Waals surface area contributed by atoms with Crippen molar-refractivity contribution in [2.24, 2.45) is 5.92 Å². The van der Waals surface area contributed by atoms with Crippen molar-refractivity contribution in [1.29, 1.82) is 0 Å².